The Labute approximate surface area is 91.7 Å². The second-order valence-electron chi connectivity index (χ2n) is 5.28. The van der Waals surface area contributed by atoms with Crippen LogP contribution < -0.4 is 5.32 Å². The highest BCUT2D eigenvalue weighted by atomic mass is 16.4. The highest BCUT2D eigenvalue weighted by Crippen LogP contribution is 2.39. The minimum atomic E-state index is -1.04. The average molecular weight is 217 g/mol. The van der Waals surface area contributed by atoms with Gasteiger partial charge in [0.15, 0.2) is 0 Å². The highest BCUT2D eigenvalue weighted by molar-refractivity contribution is 5.66. The summed E-state index contributed by atoms with van der Waals surface area (Å²) in [4.78, 5) is 10.8. The first-order chi connectivity index (χ1) is 6.67. The molecule has 1 amide bonds. The predicted molar refractivity (Wildman–Crippen MR) is 59.9 cm³/mol. The van der Waals surface area contributed by atoms with E-state index in [1.54, 1.807) is 0 Å². The Balaban J connectivity index is 5.17. The molecule has 0 bridgehead atoms. The number of carboxylic acid groups (broad SMARTS) is 1. The molecular weight excluding hydrogens is 194 g/mol. The van der Waals surface area contributed by atoms with E-state index >= 15 is 0 Å². The maximum Gasteiger partial charge on any atom is 0.405 e. The van der Waals surface area contributed by atoms with Crippen molar-refractivity contribution in [2.75, 3.05) is 6.61 Å². The van der Waals surface area contributed by atoms with Gasteiger partial charge in [-0.1, -0.05) is 34.6 Å². The van der Waals surface area contributed by atoms with Crippen LogP contribution in [0, 0.1) is 11.3 Å². The summed E-state index contributed by atoms with van der Waals surface area (Å²) in [5.74, 6) is 0.126. The van der Waals surface area contributed by atoms with Crippen LogP contribution in [-0.4, -0.2) is 28.5 Å². The molecule has 3 N–H and O–H groups in total. The monoisotopic (exact) mass is 217 g/mol. The van der Waals surface area contributed by atoms with Crippen molar-refractivity contribution in [3.05, 3.63) is 0 Å². The van der Waals surface area contributed by atoms with E-state index in [4.69, 9.17) is 10.2 Å². The van der Waals surface area contributed by atoms with Crippen LogP contribution >= 0.6 is 0 Å². The molecule has 0 saturated heterocycles. The topological polar surface area (TPSA) is 69.6 Å². The van der Waals surface area contributed by atoms with Crippen LogP contribution in [0.3, 0.4) is 0 Å². The van der Waals surface area contributed by atoms with Crippen LogP contribution in [0.1, 0.15) is 41.0 Å². The quantitative estimate of drug-likeness (QED) is 0.675. The fourth-order valence-electron chi connectivity index (χ4n) is 2.29. The number of rotatable bonds is 4. The second kappa shape index (κ2) is 4.84. The normalized spacial score (nSPS) is 16.2. The third kappa shape index (κ3) is 3.09. The molecule has 90 valence electrons. The Kier molecular flexibility index (Phi) is 4.59. The van der Waals surface area contributed by atoms with Gasteiger partial charge in [0.25, 0.3) is 0 Å². The zero-order valence-electron chi connectivity index (χ0n) is 10.3. The largest absolute Gasteiger partial charge is 0.465 e. The van der Waals surface area contributed by atoms with Gasteiger partial charge in [0.1, 0.15) is 0 Å². The van der Waals surface area contributed by atoms with Crippen molar-refractivity contribution in [2.45, 2.75) is 46.6 Å². The lowest BCUT2D eigenvalue weighted by molar-refractivity contribution is 0.0531. The summed E-state index contributed by atoms with van der Waals surface area (Å²) in [5.41, 5.74) is -0.824. The number of hydrogen-bond acceptors (Lipinski definition) is 2. The van der Waals surface area contributed by atoms with Gasteiger partial charge >= 0.3 is 6.09 Å². The van der Waals surface area contributed by atoms with Crippen LogP contribution in [0.4, 0.5) is 4.79 Å². The Morgan fingerprint density at radius 2 is 1.80 bits per heavy atom. The molecule has 0 heterocycles. The van der Waals surface area contributed by atoms with Gasteiger partial charge in [0.05, 0.1) is 5.54 Å². The number of carbonyl (C=O) groups is 1. The lowest BCUT2D eigenvalue weighted by Gasteiger charge is -2.47. The van der Waals surface area contributed by atoms with E-state index in [1.807, 2.05) is 34.6 Å². The van der Waals surface area contributed by atoms with E-state index in [9.17, 15) is 4.79 Å². The first-order valence-corrected chi connectivity index (χ1v) is 5.29. The summed E-state index contributed by atoms with van der Waals surface area (Å²) in [6.45, 7) is 9.87. The molecule has 0 aromatic carbocycles. The van der Waals surface area contributed by atoms with Gasteiger partial charge in [-0.2, -0.15) is 0 Å². The van der Waals surface area contributed by atoms with Crippen LogP contribution in [0.15, 0.2) is 0 Å². The zero-order valence-corrected chi connectivity index (χ0v) is 10.3. The summed E-state index contributed by atoms with van der Waals surface area (Å²) < 4.78 is 0. The van der Waals surface area contributed by atoms with Gasteiger partial charge in [-0.3, -0.25) is 0 Å². The van der Waals surface area contributed by atoms with Crippen molar-refractivity contribution in [1.29, 1.82) is 0 Å². The minimum absolute atomic E-state index is 0.0181. The summed E-state index contributed by atoms with van der Waals surface area (Å²) in [5, 5.41) is 20.6. The molecule has 0 rings (SSSR count). The predicted octanol–water partition coefficient (Wildman–Crippen LogP) is 2.08. The summed E-state index contributed by atoms with van der Waals surface area (Å²) in [6.07, 6.45) is -0.604. The first kappa shape index (κ1) is 14.2. The molecule has 0 aliphatic heterocycles. The molecule has 0 spiro atoms. The summed E-state index contributed by atoms with van der Waals surface area (Å²) >= 11 is 0. The molecule has 15 heavy (non-hydrogen) atoms. The summed E-state index contributed by atoms with van der Waals surface area (Å²) in [7, 11) is 0. The van der Waals surface area contributed by atoms with Crippen LogP contribution in [0.2, 0.25) is 0 Å². The SMILES string of the molecule is CC(C)[C@@](CCO)(NC(=O)O)C(C)(C)C. The average Bonchev–Trinajstić information content (AvgIpc) is 1.99. The molecule has 0 unspecified atom stereocenters. The van der Waals surface area contributed by atoms with Crippen molar-refractivity contribution < 1.29 is 15.0 Å². The third-order valence-corrected chi connectivity index (χ3v) is 3.16. The number of nitrogens with one attached hydrogen (secondary N) is 1. The molecule has 0 saturated carbocycles. The van der Waals surface area contributed by atoms with Gasteiger partial charge in [-0.25, -0.2) is 4.79 Å². The Hall–Kier alpha value is -0.770. The molecule has 4 nitrogen and oxygen atoms in total. The van der Waals surface area contributed by atoms with Crippen LogP contribution in [0.5, 0.6) is 0 Å². The van der Waals surface area contributed by atoms with Crippen molar-refractivity contribution in [1.82, 2.24) is 5.32 Å². The molecular formula is C11H23NO3. The van der Waals surface area contributed by atoms with Gasteiger partial charge in [0.2, 0.25) is 0 Å². The van der Waals surface area contributed by atoms with Crippen molar-refractivity contribution in [3.63, 3.8) is 0 Å². The van der Waals surface area contributed by atoms with Crippen molar-refractivity contribution >= 4 is 6.09 Å². The van der Waals surface area contributed by atoms with E-state index in [0.717, 1.165) is 0 Å². The Bertz CT molecular complexity index is 220. The van der Waals surface area contributed by atoms with Crippen LogP contribution in [-0.2, 0) is 0 Å². The minimum Gasteiger partial charge on any atom is -0.465 e. The maximum absolute atomic E-state index is 10.8. The van der Waals surface area contributed by atoms with E-state index in [1.165, 1.54) is 0 Å². The standard InChI is InChI=1S/C11H23NO3/c1-8(2)11(6-7-13,10(3,4)5)12-9(14)15/h8,12-13H,6-7H2,1-5H3,(H,14,15)/t11-/m1/s1. The van der Waals surface area contributed by atoms with E-state index in [-0.39, 0.29) is 17.9 Å². The van der Waals surface area contributed by atoms with Gasteiger partial charge in [0, 0.05) is 6.61 Å². The second-order valence-corrected chi connectivity index (χ2v) is 5.28. The zero-order chi connectivity index (χ0) is 12.3. The Morgan fingerprint density at radius 1 is 1.33 bits per heavy atom. The Morgan fingerprint density at radius 3 is 2.00 bits per heavy atom. The molecule has 1 atom stereocenters. The highest BCUT2D eigenvalue weighted by Gasteiger charge is 2.45. The fraction of sp³-hybridized carbons (Fsp3) is 0.909. The molecule has 0 aliphatic carbocycles. The van der Waals surface area contributed by atoms with Gasteiger partial charge in [-0.05, 0) is 17.8 Å². The maximum atomic E-state index is 10.8. The number of aliphatic hydroxyl groups is 1. The molecule has 0 fully saturated rings. The molecule has 0 aromatic rings. The third-order valence-electron chi connectivity index (χ3n) is 3.16. The first-order valence-electron chi connectivity index (χ1n) is 5.29. The lowest BCUT2D eigenvalue weighted by Crippen LogP contribution is -2.60. The number of hydrogen-bond donors (Lipinski definition) is 3. The lowest BCUT2D eigenvalue weighted by atomic mass is 9.65. The van der Waals surface area contributed by atoms with Crippen molar-refractivity contribution in [2.24, 2.45) is 11.3 Å². The molecule has 0 aromatic heterocycles. The van der Waals surface area contributed by atoms with Gasteiger partial charge < -0.3 is 15.5 Å². The fourth-order valence-corrected chi connectivity index (χ4v) is 2.29. The smallest absolute Gasteiger partial charge is 0.405 e. The van der Waals surface area contributed by atoms with E-state index < -0.39 is 11.6 Å². The molecule has 0 radical (unpaired) electrons. The van der Waals surface area contributed by atoms with E-state index in [0.29, 0.717) is 6.42 Å². The van der Waals surface area contributed by atoms with Crippen molar-refractivity contribution in [3.8, 4) is 0 Å². The van der Waals surface area contributed by atoms with Gasteiger partial charge in [-0.15, -0.1) is 0 Å². The number of aliphatic hydroxyl groups excluding tert-OH is 1. The summed E-state index contributed by atoms with van der Waals surface area (Å²) in [6, 6.07) is 0. The molecule has 0 aliphatic rings. The van der Waals surface area contributed by atoms with E-state index in [2.05, 4.69) is 5.32 Å². The van der Waals surface area contributed by atoms with Crippen LogP contribution in [0.25, 0.3) is 0 Å². The number of amides is 1. The molecule has 4 heteroatoms.